The molecule has 24 heavy (non-hydrogen) atoms. The molecule has 0 bridgehead atoms. The van der Waals surface area contributed by atoms with Gasteiger partial charge in [0.05, 0.1) is 0 Å². The summed E-state index contributed by atoms with van der Waals surface area (Å²) in [4.78, 5) is 34.6. The molecule has 0 spiro atoms. The van der Waals surface area contributed by atoms with Crippen LogP contribution in [0.2, 0.25) is 0 Å². The number of alkyl halides is 2. The van der Waals surface area contributed by atoms with Gasteiger partial charge in [0.1, 0.15) is 6.04 Å². The molecular formula is C15H17F2N3O4. The van der Waals surface area contributed by atoms with Crippen molar-refractivity contribution in [1.82, 2.24) is 10.6 Å². The second-order valence-electron chi connectivity index (χ2n) is 5.44. The molecule has 2 rings (SSSR count). The minimum absolute atomic E-state index is 0.0553. The zero-order valence-electron chi connectivity index (χ0n) is 12.6. The van der Waals surface area contributed by atoms with E-state index in [9.17, 15) is 23.2 Å². The zero-order valence-corrected chi connectivity index (χ0v) is 12.6. The maximum absolute atomic E-state index is 12.3. The van der Waals surface area contributed by atoms with Crippen molar-refractivity contribution in [3.8, 4) is 0 Å². The smallest absolute Gasteiger partial charge is 0.326 e. The van der Waals surface area contributed by atoms with Gasteiger partial charge in [0.25, 0.3) is 5.91 Å². The number of amides is 3. The number of halogens is 2. The second-order valence-corrected chi connectivity index (χ2v) is 5.44. The number of rotatable bonds is 7. The summed E-state index contributed by atoms with van der Waals surface area (Å²) in [6, 6.07) is 3.84. The molecule has 0 saturated heterocycles. The molecule has 1 aromatic carbocycles. The second kappa shape index (κ2) is 7.71. The molecule has 9 heteroatoms. The van der Waals surface area contributed by atoms with Crippen molar-refractivity contribution in [3.05, 3.63) is 29.8 Å². The van der Waals surface area contributed by atoms with Crippen LogP contribution in [0.25, 0.3) is 0 Å². The molecule has 1 fully saturated rings. The van der Waals surface area contributed by atoms with Crippen LogP contribution in [0.1, 0.15) is 29.6 Å². The standard InChI is InChI=1S/C15H17F2N3O4/c16-12(17)7-11(14(22)23)20-13(21)8-2-1-3-10(6-8)19-15(24)18-9-4-5-9/h1-3,6,9,11-12H,4-5,7H2,(H,20,21)(H,22,23)(H2,18,19,24). The van der Waals surface area contributed by atoms with E-state index in [1.165, 1.54) is 18.2 Å². The molecule has 1 aliphatic rings. The van der Waals surface area contributed by atoms with Crippen LogP contribution >= 0.6 is 0 Å². The summed E-state index contributed by atoms with van der Waals surface area (Å²) >= 11 is 0. The first-order valence-corrected chi connectivity index (χ1v) is 7.34. The predicted octanol–water partition coefficient (Wildman–Crippen LogP) is 1.81. The Balaban J connectivity index is 1.99. The van der Waals surface area contributed by atoms with Crippen molar-refractivity contribution >= 4 is 23.6 Å². The Labute approximate surface area is 136 Å². The van der Waals surface area contributed by atoms with Crippen LogP contribution in [0.15, 0.2) is 24.3 Å². The Morgan fingerprint density at radius 2 is 1.96 bits per heavy atom. The fourth-order valence-corrected chi connectivity index (χ4v) is 1.96. The fourth-order valence-electron chi connectivity index (χ4n) is 1.96. The molecule has 1 aliphatic carbocycles. The van der Waals surface area contributed by atoms with Gasteiger partial charge in [-0.2, -0.15) is 0 Å². The number of anilines is 1. The Hall–Kier alpha value is -2.71. The predicted molar refractivity (Wildman–Crippen MR) is 81.1 cm³/mol. The molecule has 1 saturated carbocycles. The molecule has 3 amide bonds. The van der Waals surface area contributed by atoms with Gasteiger partial charge in [0.15, 0.2) is 0 Å². The maximum atomic E-state index is 12.3. The maximum Gasteiger partial charge on any atom is 0.326 e. The van der Waals surface area contributed by atoms with Gasteiger partial charge in [-0.15, -0.1) is 0 Å². The number of hydrogen-bond donors (Lipinski definition) is 4. The summed E-state index contributed by atoms with van der Waals surface area (Å²) < 4.78 is 24.7. The van der Waals surface area contributed by atoms with Gasteiger partial charge in [0, 0.05) is 23.7 Å². The van der Waals surface area contributed by atoms with Crippen LogP contribution in [0.3, 0.4) is 0 Å². The molecular weight excluding hydrogens is 324 g/mol. The van der Waals surface area contributed by atoms with E-state index >= 15 is 0 Å². The van der Waals surface area contributed by atoms with Crippen molar-refractivity contribution in [2.24, 2.45) is 0 Å². The van der Waals surface area contributed by atoms with Gasteiger partial charge in [-0.3, -0.25) is 4.79 Å². The van der Waals surface area contributed by atoms with Gasteiger partial charge >= 0.3 is 12.0 Å². The Morgan fingerprint density at radius 1 is 1.25 bits per heavy atom. The average Bonchev–Trinajstić information content (AvgIpc) is 3.29. The SMILES string of the molecule is O=C(Nc1cccc(C(=O)NC(CC(F)F)C(=O)O)c1)NC1CC1. The van der Waals surface area contributed by atoms with Crippen LogP contribution in [0, 0.1) is 0 Å². The highest BCUT2D eigenvalue weighted by Gasteiger charge is 2.25. The van der Waals surface area contributed by atoms with Crippen molar-refractivity contribution in [3.63, 3.8) is 0 Å². The van der Waals surface area contributed by atoms with Crippen molar-refractivity contribution < 1.29 is 28.3 Å². The summed E-state index contributed by atoms with van der Waals surface area (Å²) in [5.74, 6) is -2.35. The molecule has 1 aromatic rings. The van der Waals surface area contributed by atoms with Crippen LogP contribution in [-0.2, 0) is 4.79 Å². The number of nitrogens with one attached hydrogen (secondary N) is 3. The van der Waals surface area contributed by atoms with Crippen LogP contribution in [0.5, 0.6) is 0 Å². The molecule has 0 aromatic heterocycles. The number of urea groups is 1. The third-order valence-electron chi connectivity index (χ3n) is 3.31. The van der Waals surface area contributed by atoms with E-state index in [2.05, 4.69) is 10.6 Å². The van der Waals surface area contributed by atoms with Crippen LogP contribution < -0.4 is 16.0 Å². The lowest BCUT2D eigenvalue weighted by atomic mass is 10.1. The Kier molecular flexibility index (Phi) is 5.67. The topological polar surface area (TPSA) is 108 Å². The van der Waals surface area contributed by atoms with Crippen LogP contribution in [-0.4, -0.2) is 41.5 Å². The first-order valence-electron chi connectivity index (χ1n) is 7.34. The minimum Gasteiger partial charge on any atom is -0.480 e. The van der Waals surface area contributed by atoms with Crippen molar-refractivity contribution in [2.75, 3.05) is 5.32 Å². The number of carboxylic acid groups (broad SMARTS) is 1. The largest absolute Gasteiger partial charge is 0.480 e. The van der Waals surface area contributed by atoms with E-state index in [1.54, 1.807) is 6.07 Å². The van der Waals surface area contributed by atoms with E-state index < -0.39 is 36.8 Å². The molecule has 7 nitrogen and oxygen atoms in total. The van der Waals surface area contributed by atoms with Gasteiger partial charge in [-0.1, -0.05) is 6.07 Å². The number of hydrogen-bond acceptors (Lipinski definition) is 3. The highest BCUT2D eigenvalue weighted by Crippen LogP contribution is 2.19. The summed E-state index contributed by atoms with van der Waals surface area (Å²) in [5, 5.41) is 16.2. The molecule has 130 valence electrons. The summed E-state index contributed by atoms with van der Waals surface area (Å²) in [6.07, 6.45) is -1.99. The van der Waals surface area contributed by atoms with E-state index in [0.717, 1.165) is 12.8 Å². The lowest BCUT2D eigenvalue weighted by Crippen LogP contribution is -2.42. The number of benzene rings is 1. The third kappa shape index (κ3) is 5.49. The first-order chi connectivity index (χ1) is 11.3. The fraction of sp³-hybridized carbons (Fsp3) is 0.400. The number of carboxylic acids is 1. The third-order valence-corrected chi connectivity index (χ3v) is 3.31. The number of carbonyl (C=O) groups excluding carboxylic acids is 2. The van der Waals surface area contributed by atoms with Gasteiger partial charge in [0.2, 0.25) is 6.43 Å². The summed E-state index contributed by atoms with van der Waals surface area (Å²) in [5.41, 5.74) is 0.390. The molecule has 1 atom stereocenters. The van der Waals surface area contributed by atoms with E-state index in [-0.39, 0.29) is 11.6 Å². The van der Waals surface area contributed by atoms with Gasteiger partial charge in [-0.05, 0) is 31.0 Å². The lowest BCUT2D eigenvalue weighted by Gasteiger charge is -2.14. The van der Waals surface area contributed by atoms with Gasteiger partial charge < -0.3 is 21.1 Å². The quantitative estimate of drug-likeness (QED) is 0.606. The highest BCUT2D eigenvalue weighted by molar-refractivity contribution is 5.98. The minimum atomic E-state index is -2.86. The first kappa shape index (κ1) is 17.6. The number of carbonyl (C=O) groups is 3. The van der Waals surface area contributed by atoms with Crippen LogP contribution in [0.4, 0.5) is 19.3 Å². The monoisotopic (exact) mass is 341 g/mol. The molecule has 1 unspecified atom stereocenters. The zero-order chi connectivity index (χ0) is 17.7. The van der Waals surface area contributed by atoms with Gasteiger partial charge in [-0.25, -0.2) is 18.4 Å². The number of aliphatic carboxylic acids is 1. The molecule has 0 heterocycles. The lowest BCUT2D eigenvalue weighted by molar-refractivity contribution is -0.140. The summed E-state index contributed by atoms with van der Waals surface area (Å²) in [7, 11) is 0. The van der Waals surface area contributed by atoms with E-state index in [4.69, 9.17) is 5.11 Å². The average molecular weight is 341 g/mol. The summed E-state index contributed by atoms with van der Waals surface area (Å²) in [6.45, 7) is 0. The molecule has 0 aliphatic heterocycles. The van der Waals surface area contributed by atoms with E-state index in [1.807, 2.05) is 5.32 Å². The van der Waals surface area contributed by atoms with Crippen molar-refractivity contribution in [2.45, 2.75) is 37.8 Å². The highest BCUT2D eigenvalue weighted by atomic mass is 19.3. The van der Waals surface area contributed by atoms with Crippen molar-refractivity contribution in [1.29, 1.82) is 0 Å². The van der Waals surface area contributed by atoms with E-state index in [0.29, 0.717) is 5.69 Å². The normalized spacial score (nSPS) is 14.8. The Morgan fingerprint density at radius 3 is 2.54 bits per heavy atom. The molecule has 0 radical (unpaired) electrons. The molecule has 4 N–H and O–H groups in total. The Bertz CT molecular complexity index is 635.